The number of carbonyl (C=O) groups excluding carboxylic acids is 2. The summed E-state index contributed by atoms with van der Waals surface area (Å²) in [4.78, 5) is 23.3. The first-order valence-corrected chi connectivity index (χ1v) is 6.48. The fourth-order valence-corrected chi connectivity index (χ4v) is 1.92. The Hall–Kier alpha value is -0.970. The van der Waals surface area contributed by atoms with Crippen LogP contribution in [0.4, 0.5) is 4.39 Å². The smallest absolute Gasteiger partial charge is 0.171 e. The molecule has 19 heavy (non-hydrogen) atoms. The van der Waals surface area contributed by atoms with E-state index in [2.05, 4.69) is 0 Å². The van der Waals surface area contributed by atoms with Gasteiger partial charge in [-0.25, -0.2) is 4.39 Å². The highest BCUT2D eigenvalue weighted by Gasteiger charge is 2.17. The third kappa shape index (κ3) is 4.90. The summed E-state index contributed by atoms with van der Waals surface area (Å²) in [5, 5.41) is -0.127. The first-order valence-electron chi connectivity index (χ1n) is 5.73. The lowest BCUT2D eigenvalue weighted by Gasteiger charge is -2.05. The van der Waals surface area contributed by atoms with Crippen LogP contribution in [0, 0.1) is 5.82 Å². The van der Waals surface area contributed by atoms with E-state index in [0.29, 0.717) is 6.61 Å². The molecule has 0 radical (unpaired) electrons. The second-order valence-corrected chi connectivity index (χ2v) is 4.65. The summed E-state index contributed by atoms with van der Waals surface area (Å²) in [5.41, 5.74) is -0.0340. The summed E-state index contributed by atoms with van der Waals surface area (Å²) >= 11 is 11.3. The van der Waals surface area contributed by atoms with Crippen LogP contribution in [0.3, 0.4) is 0 Å². The quantitative estimate of drug-likeness (QED) is 0.334. The molecule has 0 unspecified atom stereocenters. The zero-order valence-electron chi connectivity index (χ0n) is 10.3. The van der Waals surface area contributed by atoms with E-state index >= 15 is 0 Å². The Morgan fingerprint density at radius 3 is 2.58 bits per heavy atom. The van der Waals surface area contributed by atoms with Crippen molar-refractivity contribution in [3.05, 3.63) is 33.6 Å². The molecule has 1 rings (SSSR count). The van der Waals surface area contributed by atoms with Gasteiger partial charge in [-0.1, -0.05) is 23.2 Å². The van der Waals surface area contributed by atoms with Crippen molar-refractivity contribution in [3.8, 4) is 0 Å². The van der Waals surface area contributed by atoms with Crippen LogP contribution in [0.1, 0.15) is 30.1 Å². The normalized spacial score (nSPS) is 10.5. The van der Waals surface area contributed by atoms with E-state index in [9.17, 15) is 14.0 Å². The van der Waals surface area contributed by atoms with E-state index in [1.54, 1.807) is 0 Å². The predicted octanol–water partition coefficient (Wildman–Crippen LogP) is 3.70. The zero-order chi connectivity index (χ0) is 14.4. The Balaban J connectivity index is 2.68. The van der Waals surface area contributed by atoms with Gasteiger partial charge in [0.1, 0.15) is 11.6 Å². The number of rotatable bonds is 7. The molecule has 0 saturated carbocycles. The van der Waals surface area contributed by atoms with Crippen LogP contribution in [0.15, 0.2) is 12.1 Å². The molecule has 0 aliphatic carbocycles. The molecule has 6 heteroatoms. The van der Waals surface area contributed by atoms with Crippen LogP contribution >= 0.6 is 23.2 Å². The highest BCUT2D eigenvalue weighted by Crippen LogP contribution is 2.25. The summed E-state index contributed by atoms with van der Waals surface area (Å²) in [6.45, 7) is 2.59. The van der Waals surface area contributed by atoms with Gasteiger partial charge in [0.15, 0.2) is 5.78 Å². The fraction of sp³-hybridized carbons (Fsp3) is 0.385. The van der Waals surface area contributed by atoms with Crippen molar-refractivity contribution >= 4 is 34.8 Å². The summed E-state index contributed by atoms with van der Waals surface area (Å²) in [6, 6.07) is 2.10. The second-order valence-electron chi connectivity index (χ2n) is 3.83. The van der Waals surface area contributed by atoms with Crippen molar-refractivity contribution in [2.45, 2.75) is 19.8 Å². The molecule has 0 saturated heterocycles. The molecule has 0 amide bonds. The number of hydrogen-bond donors (Lipinski definition) is 0. The van der Waals surface area contributed by atoms with Gasteiger partial charge in [-0.3, -0.25) is 9.59 Å². The summed E-state index contributed by atoms with van der Waals surface area (Å²) in [5.74, 6) is -1.54. The molecule has 1 aromatic carbocycles. The van der Waals surface area contributed by atoms with Crippen LogP contribution in [-0.2, 0) is 9.53 Å². The van der Waals surface area contributed by atoms with Crippen LogP contribution < -0.4 is 0 Å². The molecule has 0 bridgehead atoms. The molecule has 0 aliphatic heterocycles. The number of halogens is 3. The minimum absolute atomic E-state index is 0.0340. The minimum atomic E-state index is -0.740. The van der Waals surface area contributed by atoms with Gasteiger partial charge in [0, 0.05) is 18.6 Å². The van der Waals surface area contributed by atoms with Gasteiger partial charge >= 0.3 is 0 Å². The first-order chi connectivity index (χ1) is 8.95. The predicted molar refractivity (Wildman–Crippen MR) is 71.5 cm³/mol. The van der Waals surface area contributed by atoms with Crippen molar-refractivity contribution in [2.75, 3.05) is 13.2 Å². The average Bonchev–Trinajstić information content (AvgIpc) is 2.34. The van der Waals surface area contributed by atoms with E-state index in [4.69, 9.17) is 27.9 Å². The van der Waals surface area contributed by atoms with Gasteiger partial charge in [-0.05, 0) is 19.1 Å². The van der Waals surface area contributed by atoms with E-state index in [1.807, 2.05) is 6.92 Å². The van der Waals surface area contributed by atoms with Gasteiger partial charge in [-0.15, -0.1) is 0 Å². The standard InChI is InChI=1S/C13H13Cl2FO3/c1-2-19-4-3-8(17)5-13(18)9-6-12(16)11(15)7-10(9)14/h6-7H,2-5H2,1H3. The number of ether oxygens (including phenoxy) is 1. The topological polar surface area (TPSA) is 43.4 Å². The SMILES string of the molecule is CCOCCC(=O)CC(=O)c1cc(F)c(Cl)cc1Cl. The fourth-order valence-electron chi connectivity index (χ4n) is 1.43. The van der Waals surface area contributed by atoms with Crippen LogP contribution in [0.25, 0.3) is 0 Å². The van der Waals surface area contributed by atoms with Crippen LogP contribution in [0.5, 0.6) is 0 Å². The van der Waals surface area contributed by atoms with Gasteiger partial charge in [0.2, 0.25) is 0 Å². The molecule has 0 heterocycles. The Kier molecular flexibility index (Phi) is 6.42. The second kappa shape index (κ2) is 7.58. The molecule has 3 nitrogen and oxygen atoms in total. The monoisotopic (exact) mass is 306 g/mol. The lowest BCUT2D eigenvalue weighted by atomic mass is 10.0. The minimum Gasteiger partial charge on any atom is -0.381 e. The molecule has 0 atom stereocenters. The number of benzene rings is 1. The van der Waals surface area contributed by atoms with Crippen molar-refractivity contribution < 1.29 is 18.7 Å². The van der Waals surface area contributed by atoms with E-state index in [-0.39, 0.29) is 40.8 Å². The maximum Gasteiger partial charge on any atom is 0.171 e. The largest absolute Gasteiger partial charge is 0.381 e. The van der Waals surface area contributed by atoms with Gasteiger partial charge in [0.05, 0.1) is 23.1 Å². The maximum absolute atomic E-state index is 13.3. The molecular weight excluding hydrogens is 294 g/mol. The Morgan fingerprint density at radius 1 is 1.26 bits per heavy atom. The first kappa shape index (κ1) is 16.1. The highest BCUT2D eigenvalue weighted by molar-refractivity contribution is 6.37. The number of hydrogen-bond acceptors (Lipinski definition) is 3. The molecule has 1 aromatic rings. The van der Waals surface area contributed by atoms with Gasteiger partial charge < -0.3 is 4.74 Å². The Bertz CT molecular complexity index is 489. The molecular formula is C13H13Cl2FO3. The van der Waals surface area contributed by atoms with Crippen molar-refractivity contribution in [1.82, 2.24) is 0 Å². The maximum atomic E-state index is 13.3. The Labute approximate surface area is 120 Å². The summed E-state index contributed by atoms with van der Waals surface area (Å²) in [7, 11) is 0. The van der Waals surface area contributed by atoms with E-state index in [1.165, 1.54) is 0 Å². The summed E-state index contributed by atoms with van der Waals surface area (Å²) in [6.07, 6.45) is -0.179. The molecule has 0 aromatic heterocycles. The molecule has 0 spiro atoms. The van der Waals surface area contributed by atoms with Crippen molar-refractivity contribution in [1.29, 1.82) is 0 Å². The number of carbonyl (C=O) groups is 2. The lowest BCUT2D eigenvalue weighted by molar-refractivity contribution is -0.119. The van der Waals surface area contributed by atoms with Crippen LogP contribution in [0.2, 0.25) is 10.0 Å². The summed E-state index contributed by atoms with van der Waals surface area (Å²) < 4.78 is 18.3. The number of ketones is 2. The molecule has 0 aliphatic rings. The van der Waals surface area contributed by atoms with Crippen molar-refractivity contribution in [2.24, 2.45) is 0 Å². The lowest BCUT2D eigenvalue weighted by Crippen LogP contribution is -2.11. The third-order valence-electron chi connectivity index (χ3n) is 2.40. The Morgan fingerprint density at radius 2 is 1.95 bits per heavy atom. The average molecular weight is 307 g/mol. The van der Waals surface area contributed by atoms with Crippen molar-refractivity contribution in [3.63, 3.8) is 0 Å². The van der Waals surface area contributed by atoms with Crippen LogP contribution in [-0.4, -0.2) is 24.8 Å². The van der Waals surface area contributed by atoms with Gasteiger partial charge in [-0.2, -0.15) is 0 Å². The van der Waals surface area contributed by atoms with E-state index < -0.39 is 11.6 Å². The molecule has 0 N–H and O–H groups in total. The molecule has 104 valence electrons. The van der Waals surface area contributed by atoms with E-state index in [0.717, 1.165) is 12.1 Å². The zero-order valence-corrected chi connectivity index (χ0v) is 11.9. The van der Waals surface area contributed by atoms with Gasteiger partial charge in [0.25, 0.3) is 0 Å². The highest BCUT2D eigenvalue weighted by atomic mass is 35.5. The number of Topliss-reactive ketones (excluding diaryl/α,β-unsaturated/α-hetero) is 2. The molecule has 0 fully saturated rings. The third-order valence-corrected chi connectivity index (χ3v) is 3.00.